The van der Waals surface area contributed by atoms with E-state index < -0.39 is 12.1 Å². The van der Waals surface area contributed by atoms with Crippen molar-refractivity contribution in [2.45, 2.75) is 26.2 Å². The number of nitrogens with zero attached hydrogens (tertiary/aromatic N) is 3. The average Bonchev–Trinajstić information content (AvgIpc) is 3.00. The molecule has 12 heteroatoms. The first-order valence-corrected chi connectivity index (χ1v) is 14.1. The Kier molecular flexibility index (Phi) is 8.63. The van der Waals surface area contributed by atoms with Crippen LogP contribution in [0.3, 0.4) is 0 Å². The van der Waals surface area contributed by atoms with E-state index in [0.29, 0.717) is 37.7 Å². The van der Waals surface area contributed by atoms with E-state index >= 15 is 0 Å². The number of carboxylic acid groups (broad SMARTS) is 1. The quantitative estimate of drug-likeness (QED) is 0.217. The third-order valence-electron chi connectivity index (χ3n) is 7.27. The van der Waals surface area contributed by atoms with Gasteiger partial charge in [0.2, 0.25) is 5.82 Å². The molecule has 0 spiro atoms. The van der Waals surface area contributed by atoms with Crippen LogP contribution < -0.4 is 20.7 Å². The maximum atomic E-state index is 13.3. The molecule has 0 unspecified atom stereocenters. The van der Waals surface area contributed by atoms with Gasteiger partial charge in [-0.1, -0.05) is 51.1 Å². The number of fused-ring (bicyclic) bond motifs is 1. The number of carbonyl (C=O) groups excluding carboxylic acids is 2. The second kappa shape index (κ2) is 12.6. The SMILES string of the molecule is COc1c(NC(=O)O)cc(C(C)(C)C)cc1NC(=O)Nc1ccc(-c2cnc(C(=O)N3CCOCC3)nc2)c2ccccc12. The second-order valence-corrected chi connectivity index (χ2v) is 11.3. The zero-order valence-corrected chi connectivity index (χ0v) is 24.9. The van der Waals surface area contributed by atoms with Crippen molar-refractivity contribution in [1.82, 2.24) is 14.9 Å². The number of morpholine rings is 1. The van der Waals surface area contributed by atoms with Gasteiger partial charge >= 0.3 is 12.1 Å². The van der Waals surface area contributed by atoms with Gasteiger partial charge in [0.1, 0.15) is 0 Å². The van der Waals surface area contributed by atoms with Crippen molar-refractivity contribution in [3.63, 3.8) is 0 Å². The molecule has 4 N–H and O–H groups in total. The van der Waals surface area contributed by atoms with Crippen LogP contribution in [0.4, 0.5) is 26.7 Å². The summed E-state index contributed by atoms with van der Waals surface area (Å²) in [6.07, 6.45) is 2.00. The summed E-state index contributed by atoms with van der Waals surface area (Å²) in [6, 6.07) is 14.1. The molecule has 0 radical (unpaired) electrons. The fourth-order valence-electron chi connectivity index (χ4n) is 5.00. The molecule has 0 atom stereocenters. The first-order chi connectivity index (χ1) is 21.0. The highest BCUT2D eigenvalue weighted by Crippen LogP contribution is 2.39. The summed E-state index contributed by atoms with van der Waals surface area (Å²) in [5.74, 6) is 0.0830. The average molecular weight is 599 g/mol. The van der Waals surface area contributed by atoms with Crippen molar-refractivity contribution in [2.24, 2.45) is 0 Å². The molecule has 1 fully saturated rings. The lowest BCUT2D eigenvalue weighted by molar-refractivity contribution is 0.0295. The number of nitrogens with one attached hydrogen (secondary N) is 3. The molecule has 0 aliphatic carbocycles. The van der Waals surface area contributed by atoms with Crippen LogP contribution in [0.5, 0.6) is 5.75 Å². The van der Waals surface area contributed by atoms with Crippen LogP contribution in [0.15, 0.2) is 60.9 Å². The molecule has 44 heavy (non-hydrogen) atoms. The molecule has 4 amide bonds. The number of benzene rings is 3. The van der Waals surface area contributed by atoms with Gasteiger partial charge in [-0.25, -0.2) is 19.6 Å². The molecular weight excluding hydrogens is 564 g/mol. The van der Waals surface area contributed by atoms with Gasteiger partial charge in [0.15, 0.2) is 5.75 Å². The maximum Gasteiger partial charge on any atom is 0.409 e. The van der Waals surface area contributed by atoms with Crippen LogP contribution >= 0.6 is 0 Å². The summed E-state index contributed by atoms with van der Waals surface area (Å²) in [7, 11) is 1.41. The van der Waals surface area contributed by atoms with Crippen molar-refractivity contribution >= 4 is 45.9 Å². The van der Waals surface area contributed by atoms with E-state index in [1.165, 1.54) is 7.11 Å². The molecular formula is C32H34N6O6. The Bertz CT molecular complexity index is 1710. The summed E-state index contributed by atoms with van der Waals surface area (Å²) < 4.78 is 10.8. The minimum Gasteiger partial charge on any atom is -0.492 e. The number of methoxy groups -OCH3 is 1. The number of amides is 4. The van der Waals surface area contributed by atoms with Crippen LogP contribution in [0.2, 0.25) is 0 Å². The van der Waals surface area contributed by atoms with Gasteiger partial charge in [0.05, 0.1) is 37.4 Å². The molecule has 1 aliphatic rings. The Morgan fingerprint density at radius 2 is 1.50 bits per heavy atom. The number of aromatic nitrogens is 2. The van der Waals surface area contributed by atoms with E-state index in [2.05, 4.69) is 25.9 Å². The summed E-state index contributed by atoms with van der Waals surface area (Å²) >= 11 is 0. The Morgan fingerprint density at radius 3 is 2.11 bits per heavy atom. The third kappa shape index (κ3) is 6.55. The summed E-state index contributed by atoms with van der Waals surface area (Å²) in [6.45, 7) is 7.95. The van der Waals surface area contributed by atoms with Gasteiger partial charge in [-0.05, 0) is 40.1 Å². The topological polar surface area (TPSA) is 155 Å². The van der Waals surface area contributed by atoms with Crippen molar-refractivity contribution in [3.05, 3.63) is 72.3 Å². The lowest BCUT2D eigenvalue weighted by atomic mass is 9.86. The van der Waals surface area contributed by atoms with Gasteiger partial charge in [-0.15, -0.1) is 0 Å². The van der Waals surface area contributed by atoms with E-state index in [1.54, 1.807) is 35.5 Å². The second-order valence-electron chi connectivity index (χ2n) is 11.3. The molecule has 5 rings (SSSR count). The molecule has 12 nitrogen and oxygen atoms in total. The largest absolute Gasteiger partial charge is 0.492 e. The molecule has 1 aromatic heterocycles. The van der Waals surface area contributed by atoms with Crippen molar-refractivity contribution in [1.29, 1.82) is 0 Å². The van der Waals surface area contributed by atoms with E-state index in [1.807, 2.05) is 51.1 Å². The first-order valence-electron chi connectivity index (χ1n) is 14.1. The predicted molar refractivity (Wildman–Crippen MR) is 168 cm³/mol. The predicted octanol–water partition coefficient (Wildman–Crippen LogP) is 5.81. The van der Waals surface area contributed by atoms with E-state index in [0.717, 1.165) is 27.5 Å². The van der Waals surface area contributed by atoms with Crippen LogP contribution in [-0.4, -0.2) is 71.4 Å². The van der Waals surface area contributed by atoms with Crippen LogP contribution in [-0.2, 0) is 10.2 Å². The number of carbonyl (C=O) groups is 3. The monoisotopic (exact) mass is 598 g/mol. The minimum atomic E-state index is -1.25. The third-order valence-corrected chi connectivity index (χ3v) is 7.27. The molecule has 4 aromatic rings. The Labute approximate surface area is 254 Å². The van der Waals surface area contributed by atoms with Crippen LogP contribution in [0.1, 0.15) is 37.0 Å². The molecule has 228 valence electrons. The fraction of sp³-hybridized carbons (Fsp3) is 0.281. The summed E-state index contributed by atoms with van der Waals surface area (Å²) in [5.41, 5.74) is 3.10. The summed E-state index contributed by atoms with van der Waals surface area (Å²) in [5, 5.41) is 19.1. The zero-order chi connectivity index (χ0) is 31.4. The molecule has 1 saturated heterocycles. The number of ether oxygens (including phenoxy) is 2. The van der Waals surface area contributed by atoms with E-state index in [-0.39, 0.29) is 28.6 Å². The number of hydrogen-bond acceptors (Lipinski definition) is 7. The molecule has 3 aromatic carbocycles. The smallest absolute Gasteiger partial charge is 0.409 e. The lowest BCUT2D eigenvalue weighted by Crippen LogP contribution is -2.41. The normalized spacial score (nSPS) is 13.3. The Hall–Kier alpha value is -5.23. The minimum absolute atomic E-state index is 0.127. The highest BCUT2D eigenvalue weighted by atomic mass is 16.5. The summed E-state index contributed by atoms with van der Waals surface area (Å²) in [4.78, 5) is 47.9. The van der Waals surface area contributed by atoms with Gasteiger partial charge in [0.25, 0.3) is 5.91 Å². The van der Waals surface area contributed by atoms with E-state index in [4.69, 9.17) is 9.47 Å². The highest BCUT2D eigenvalue weighted by Gasteiger charge is 2.23. The number of urea groups is 1. The van der Waals surface area contributed by atoms with Crippen LogP contribution in [0.25, 0.3) is 21.9 Å². The van der Waals surface area contributed by atoms with Gasteiger partial charge in [0, 0.05) is 36.4 Å². The number of hydrogen-bond donors (Lipinski definition) is 4. The lowest BCUT2D eigenvalue weighted by Gasteiger charge is -2.26. The molecule has 0 saturated carbocycles. The highest BCUT2D eigenvalue weighted by molar-refractivity contribution is 6.10. The molecule has 0 bridgehead atoms. The van der Waals surface area contributed by atoms with Gasteiger partial charge in [-0.3, -0.25) is 10.1 Å². The van der Waals surface area contributed by atoms with Crippen LogP contribution in [0, 0.1) is 0 Å². The Balaban J connectivity index is 1.41. The van der Waals surface area contributed by atoms with Gasteiger partial charge < -0.3 is 30.1 Å². The van der Waals surface area contributed by atoms with E-state index in [9.17, 15) is 19.5 Å². The standard InChI is InChI=1S/C32H34N6O6/c1-32(2,3)20-15-25(27(43-4)26(16-20)37-31(41)42)36-30(40)35-24-10-9-21(22-7-5-6-8-23(22)24)19-17-33-28(34-18-19)29(39)38-11-13-44-14-12-38/h5-10,15-18,37H,11-14H2,1-4H3,(H,41,42)(H2,35,36,40). The van der Waals surface area contributed by atoms with Crippen molar-refractivity contribution < 1.29 is 29.0 Å². The number of anilines is 3. The van der Waals surface area contributed by atoms with Crippen molar-refractivity contribution in [3.8, 4) is 16.9 Å². The number of rotatable bonds is 6. The molecule has 2 heterocycles. The fourth-order valence-corrected chi connectivity index (χ4v) is 5.00. The Morgan fingerprint density at radius 1 is 0.886 bits per heavy atom. The zero-order valence-electron chi connectivity index (χ0n) is 24.9. The van der Waals surface area contributed by atoms with Crippen molar-refractivity contribution in [2.75, 3.05) is 49.4 Å². The van der Waals surface area contributed by atoms with Gasteiger partial charge in [-0.2, -0.15) is 0 Å². The maximum absolute atomic E-state index is 13.3. The first kappa shape index (κ1) is 30.2. The molecule has 1 aliphatic heterocycles.